The van der Waals surface area contributed by atoms with Crippen molar-refractivity contribution in [1.29, 1.82) is 0 Å². The number of alkyl carbamates (subject to hydrolysis) is 1. The quantitative estimate of drug-likeness (QED) is 0.417. The number of carbonyl (C=O) groups is 1. The van der Waals surface area contributed by atoms with E-state index < -0.39 is 5.60 Å². The van der Waals surface area contributed by atoms with Gasteiger partial charge in [-0.25, -0.2) is 14.8 Å². The zero-order chi connectivity index (χ0) is 26.0. The molecule has 2 N–H and O–H groups in total. The highest BCUT2D eigenvalue weighted by Gasteiger charge is 2.27. The van der Waals surface area contributed by atoms with Gasteiger partial charge in [-0.05, 0) is 82.3 Å². The van der Waals surface area contributed by atoms with Crippen molar-refractivity contribution in [3.63, 3.8) is 0 Å². The molecule has 2 fully saturated rings. The highest BCUT2D eigenvalue weighted by Crippen LogP contribution is 2.42. The van der Waals surface area contributed by atoms with Gasteiger partial charge in [-0.1, -0.05) is 12.8 Å². The van der Waals surface area contributed by atoms with Gasteiger partial charge in [0.05, 0.1) is 18.7 Å². The number of anilines is 3. The highest BCUT2D eigenvalue weighted by atomic mass is 16.6. The maximum absolute atomic E-state index is 12.1. The summed E-state index contributed by atoms with van der Waals surface area (Å²) in [6.07, 6.45) is 7.27. The van der Waals surface area contributed by atoms with Crippen molar-refractivity contribution in [2.24, 2.45) is 0 Å². The molecule has 8 nitrogen and oxygen atoms in total. The van der Waals surface area contributed by atoms with Crippen LogP contribution in [0.15, 0.2) is 42.6 Å². The van der Waals surface area contributed by atoms with Gasteiger partial charge in [0.15, 0.2) is 0 Å². The van der Waals surface area contributed by atoms with Crippen LogP contribution in [-0.2, 0) is 4.74 Å². The minimum absolute atomic E-state index is 0.0738. The van der Waals surface area contributed by atoms with Crippen molar-refractivity contribution >= 4 is 34.3 Å². The molecule has 5 rings (SSSR count). The molecule has 8 heteroatoms. The van der Waals surface area contributed by atoms with Crippen LogP contribution >= 0.6 is 0 Å². The number of hydrogen-bond acceptors (Lipinski definition) is 7. The van der Waals surface area contributed by atoms with E-state index in [2.05, 4.69) is 32.7 Å². The minimum atomic E-state index is -0.496. The fourth-order valence-corrected chi connectivity index (χ4v) is 5.42. The molecule has 2 aromatic carbocycles. The second-order valence-electron chi connectivity index (χ2n) is 11.0. The maximum atomic E-state index is 12.1. The Morgan fingerprint density at radius 1 is 1.05 bits per heavy atom. The third kappa shape index (κ3) is 5.89. The molecule has 2 aliphatic rings. The number of nitrogens with zero attached hydrogens (tertiary/aromatic N) is 3. The average molecular weight is 504 g/mol. The minimum Gasteiger partial charge on any atom is -0.496 e. The summed E-state index contributed by atoms with van der Waals surface area (Å²) >= 11 is 0. The van der Waals surface area contributed by atoms with Crippen molar-refractivity contribution in [1.82, 2.24) is 15.3 Å². The van der Waals surface area contributed by atoms with Crippen LogP contribution in [0.3, 0.4) is 0 Å². The molecule has 2 heterocycles. The summed E-state index contributed by atoms with van der Waals surface area (Å²) in [5.74, 6) is 1.98. The van der Waals surface area contributed by atoms with Crippen molar-refractivity contribution in [2.75, 3.05) is 30.4 Å². The number of methoxy groups -OCH3 is 1. The third-order valence-electron chi connectivity index (χ3n) is 7.13. The Morgan fingerprint density at radius 2 is 1.81 bits per heavy atom. The van der Waals surface area contributed by atoms with Crippen molar-refractivity contribution in [2.45, 2.75) is 70.4 Å². The summed E-state index contributed by atoms with van der Waals surface area (Å²) in [4.78, 5) is 23.9. The number of fused-ring (bicyclic) bond motifs is 1. The van der Waals surface area contributed by atoms with Crippen LogP contribution in [0, 0.1) is 0 Å². The van der Waals surface area contributed by atoms with Gasteiger partial charge < -0.3 is 25.0 Å². The Hall–Kier alpha value is -3.55. The molecule has 1 unspecified atom stereocenters. The largest absolute Gasteiger partial charge is 0.496 e. The maximum Gasteiger partial charge on any atom is 0.407 e. The lowest BCUT2D eigenvalue weighted by Gasteiger charge is -2.22. The Labute approximate surface area is 218 Å². The normalized spacial score (nSPS) is 18.3. The summed E-state index contributed by atoms with van der Waals surface area (Å²) in [6, 6.07) is 12.4. The van der Waals surface area contributed by atoms with Crippen molar-refractivity contribution in [3.8, 4) is 5.75 Å². The Kier molecular flexibility index (Phi) is 7.09. The summed E-state index contributed by atoms with van der Waals surface area (Å²) in [5, 5.41) is 7.39. The molecule has 37 heavy (non-hydrogen) atoms. The van der Waals surface area contributed by atoms with E-state index >= 15 is 0 Å². The molecule has 0 radical (unpaired) electrons. The number of aromatic nitrogens is 2. The molecular formula is C29H37N5O3. The number of carbonyl (C=O) groups excluding carboxylic acids is 1. The van der Waals surface area contributed by atoms with Gasteiger partial charge in [0.25, 0.3) is 0 Å². The van der Waals surface area contributed by atoms with Crippen LogP contribution in [0.25, 0.3) is 10.9 Å². The van der Waals surface area contributed by atoms with E-state index in [-0.39, 0.29) is 12.1 Å². The van der Waals surface area contributed by atoms with Crippen LogP contribution in [0.2, 0.25) is 0 Å². The molecule has 0 bridgehead atoms. The van der Waals surface area contributed by atoms with Crippen LogP contribution in [0.5, 0.6) is 5.75 Å². The SMILES string of the molecule is COc1ccc2cnc(Nc3ccc(N4CCC(NC(=O)OC(C)(C)C)C4)cc3)nc2c1C1CCCC1. The molecule has 196 valence electrons. The number of hydrogen-bond donors (Lipinski definition) is 2. The molecule has 1 atom stereocenters. The molecule has 1 saturated carbocycles. The van der Waals surface area contributed by atoms with Gasteiger partial charge in [0.1, 0.15) is 11.4 Å². The van der Waals surface area contributed by atoms with Gasteiger partial charge in [0, 0.05) is 41.6 Å². The van der Waals surface area contributed by atoms with Gasteiger partial charge in [-0.3, -0.25) is 0 Å². The van der Waals surface area contributed by atoms with Gasteiger partial charge in [-0.15, -0.1) is 0 Å². The van der Waals surface area contributed by atoms with E-state index in [1.54, 1.807) is 7.11 Å². The van der Waals surface area contributed by atoms with Crippen LogP contribution in [0.1, 0.15) is 64.4 Å². The Bertz CT molecular complexity index is 1250. The van der Waals surface area contributed by atoms with E-state index in [1.807, 2.05) is 51.2 Å². The van der Waals surface area contributed by atoms with E-state index in [1.165, 1.54) is 31.2 Å². The fourth-order valence-electron chi connectivity index (χ4n) is 5.42. The second kappa shape index (κ2) is 10.4. The molecule has 1 saturated heterocycles. The van der Waals surface area contributed by atoms with E-state index in [0.717, 1.165) is 47.5 Å². The molecule has 1 aromatic heterocycles. The second-order valence-corrected chi connectivity index (χ2v) is 11.0. The number of benzene rings is 2. The highest BCUT2D eigenvalue weighted by molar-refractivity contribution is 5.85. The number of rotatable bonds is 6. The lowest BCUT2D eigenvalue weighted by molar-refractivity contribution is 0.0509. The van der Waals surface area contributed by atoms with Crippen LogP contribution < -0.4 is 20.3 Å². The fraction of sp³-hybridized carbons (Fsp3) is 0.483. The predicted molar refractivity (Wildman–Crippen MR) is 147 cm³/mol. The molecule has 0 spiro atoms. The predicted octanol–water partition coefficient (Wildman–Crippen LogP) is 6.14. The lowest BCUT2D eigenvalue weighted by Crippen LogP contribution is -2.40. The monoisotopic (exact) mass is 503 g/mol. The zero-order valence-corrected chi connectivity index (χ0v) is 22.2. The third-order valence-corrected chi connectivity index (χ3v) is 7.13. The number of ether oxygens (including phenoxy) is 2. The van der Waals surface area contributed by atoms with Crippen LogP contribution in [-0.4, -0.2) is 47.9 Å². The summed E-state index contributed by atoms with van der Waals surface area (Å²) in [6.45, 7) is 7.25. The molecule has 3 aromatic rings. The number of nitrogens with one attached hydrogen (secondary N) is 2. The van der Waals surface area contributed by atoms with E-state index in [4.69, 9.17) is 14.5 Å². The summed E-state index contributed by atoms with van der Waals surface area (Å²) in [5.41, 5.74) is 3.73. The van der Waals surface area contributed by atoms with E-state index in [9.17, 15) is 4.79 Å². The first kappa shape index (κ1) is 25.1. The van der Waals surface area contributed by atoms with Crippen molar-refractivity contribution < 1.29 is 14.3 Å². The number of amides is 1. The summed E-state index contributed by atoms with van der Waals surface area (Å²) in [7, 11) is 1.73. The smallest absolute Gasteiger partial charge is 0.407 e. The standard InChI is InChI=1S/C29H37N5O3/c1-29(2,3)37-28(35)32-22-15-16-34(18-22)23-12-10-21(11-13-23)31-27-30-17-20-9-14-24(36-4)25(26(20)33-27)19-7-5-6-8-19/h9-14,17,19,22H,5-8,15-16,18H2,1-4H3,(H,32,35)(H,30,31,33). The topological polar surface area (TPSA) is 88.6 Å². The van der Waals surface area contributed by atoms with Crippen LogP contribution in [0.4, 0.5) is 22.1 Å². The van der Waals surface area contributed by atoms with Gasteiger partial charge in [0.2, 0.25) is 5.95 Å². The molecule has 1 aliphatic carbocycles. The Balaban J connectivity index is 1.26. The lowest BCUT2D eigenvalue weighted by atomic mass is 9.94. The molecule has 1 amide bonds. The van der Waals surface area contributed by atoms with Crippen molar-refractivity contribution in [3.05, 3.63) is 48.2 Å². The van der Waals surface area contributed by atoms with Gasteiger partial charge in [-0.2, -0.15) is 0 Å². The Morgan fingerprint density at radius 3 is 2.51 bits per heavy atom. The van der Waals surface area contributed by atoms with E-state index in [0.29, 0.717) is 11.9 Å². The first-order valence-electron chi connectivity index (χ1n) is 13.2. The van der Waals surface area contributed by atoms with Gasteiger partial charge >= 0.3 is 6.09 Å². The first-order chi connectivity index (χ1) is 17.8. The average Bonchev–Trinajstić information content (AvgIpc) is 3.55. The summed E-state index contributed by atoms with van der Waals surface area (Å²) < 4.78 is 11.1. The molecule has 1 aliphatic heterocycles. The first-order valence-corrected chi connectivity index (χ1v) is 13.2. The zero-order valence-electron chi connectivity index (χ0n) is 22.2. The molecular weight excluding hydrogens is 466 g/mol.